The van der Waals surface area contributed by atoms with Crippen LogP contribution >= 0.6 is 39.3 Å². The van der Waals surface area contributed by atoms with E-state index in [-0.39, 0.29) is 0 Å². The summed E-state index contributed by atoms with van der Waals surface area (Å²) in [5.41, 5.74) is 2.08. The average molecular weight is 305 g/mol. The van der Waals surface area contributed by atoms with Crippen molar-refractivity contribution in [2.45, 2.75) is 6.92 Å². The number of benzene rings is 1. The summed E-state index contributed by atoms with van der Waals surface area (Å²) in [4.78, 5) is 0. The van der Waals surface area contributed by atoms with Crippen LogP contribution in [0, 0.1) is 6.92 Å². The second-order valence-corrected chi connectivity index (χ2v) is 4.68. The summed E-state index contributed by atoms with van der Waals surface area (Å²) in [6.45, 7) is 2.01. The third kappa shape index (κ3) is 2.30. The maximum atomic E-state index is 5.84. The summed E-state index contributed by atoms with van der Waals surface area (Å²) < 4.78 is 8.99. The van der Waals surface area contributed by atoms with Gasteiger partial charge in [0.1, 0.15) is 0 Å². The molecule has 1 N–H and O–H groups in total. The quantitative estimate of drug-likeness (QED) is 0.911. The van der Waals surface area contributed by atoms with Crippen LogP contribution in [0.15, 0.2) is 22.7 Å². The number of nitrogens with zero attached hydrogens (tertiary/aromatic N) is 2. The fourth-order valence-electron chi connectivity index (χ4n) is 1.12. The molecular formula is C9H7BrClN3S. The molecule has 3 nitrogen and oxygen atoms in total. The maximum Gasteiger partial charge on any atom is 0.187 e. The Labute approximate surface area is 105 Å². The van der Waals surface area contributed by atoms with Crippen molar-refractivity contribution >= 4 is 50.8 Å². The maximum absolute atomic E-state index is 5.84. The highest BCUT2D eigenvalue weighted by molar-refractivity contribution is 9.10. The topological polar surface area (TPSA) is 37.8 Å². The van der Waals surface area contributed by atoms with Gasteiger partial charge in [-0.25, -0.2) is 0 Å². The molecule has 0 unspecified atom stereocenters. The van der Waals surface area contributed by atoms with Crippen molar-refractivity contribution in [1.82, 2.24) is 8.75 Å². The van der Waals surface area contributed by atoms with E-state index in [1.54, 1.807) is 0 Å². The molecule has 0 bridgehead atoms. The van der Waals surface area contributed by atoms with Gasteiger partial charge in [0.25, 0.3) is 0 Å². The van der Waals surface area contributed by atoms with Crippen LogP contribution in [0.4, 0.5) is 11.5 Å². The predicted molar refractivity (Wildman–Crippen MR) is 67.1 cm³/mol. The van der Waals surface area contributed by atoms with Crippen LogP contribution in [0.1, 0.15) is 5.56 Å². The number of rotatable bonds is 2. The van der Waals surface area contributed by atoms with Crippen LogP contribution in [0.3, 0.4) is 0 Å². The average Bonchev–Trinajstić information content (AvgIpc) is 2.60. The van der Waals surface area contributed by atoms with Crippen LogP contribution in [0.5, 0.6) is 0 Å². The monoisotopic (exact) mass is 303 g/mol. The molecule has 0 fully saturated rings. The third-order valence-corrected chi connectivity index (χ3v) is 3.72. The van der Waals surface area contributed by atoms with Crippen molar-refractivity contribution in [3.8, 4) is 0 Å². The normalized spacial score (nSPS) is 10.3. The van der Waals surface area contributed by atoms with Crippen molar-refractivity contribution in [2.75, 3.05) is 5.32 Å². The van der Waals surface area contributed by atoms with Gasteiger partial charge in [-0.1, -0.05) is 33.6 Å². The third-order valence-electron chi connectivity index (χ3n) is 1.97. The Balaban J connectivity index is 2.33. The SMILES string of the molecule is Cc1c(Br)cccc1Nc1nsnc1Cl. The minimum Gasteiger partial charge on any atom is -0.336 e. The molecule has 0 radical (unpaired) electrons. The van der Waals surface area contributed by atoms with Crippen molar-refractivity contribution in [3.63, 3.8) is 0 Å². The van der Waals surface area contributed by atoms with Crippen molar-refractivity contribution in [1.29, 1.82) is 0 Å². The highest BCUT2D eigenvalue weighted by Gasteiger charge is 2.07. The van der Waals surface area contributed by atoms with E-state index in [4.69, 9.17) is 11.6 Å². The Hall–Kier alpha value is -0.650. The van der Waals surface area contributed by atoms with Gasteiger partial charge in [-0.05, 0) is 24.6 Å². The molecule has 0 aliphatic rings. The molecule has 1 aromatic carbocycles. The van der Waals surface area contributed by atoms with E-state index in [9.17, 15) is 0 Å². The first kappa shape index (κ1) is 10.9. The molecule has 6 heteroatoms. The lowest BCUT2D eigenvalue weighted by molar-refractivity contribution is 1.37. The van der Waals surface area contributed by atoms with Crippen LogP contribution in [0.25, 0.3) is 0 Å². The van der Waals surface area contributed by atoms with Crippen molar-refractivity contribution < 1.29 is 0 Å². The van der Waals surface area contributed by atoms with E-state index >= 15 is 0 Å². The number of anilines is 2. The highest BCUT2D eigenvalue weighted by atomic mass is 79.9. The minimum absolute atomic E-state index is 0.402. The van der Waals surface area contributed by atoms with Crippen LogP contribution in [-0.4, -0.2) is 8.75 Å². The molecule has 0 atom stereocenters. The minimum atomic E-state index is 0.402. The molecule has 2 aromatic rings. The van der Waals surface area contributed by atoms with E-state index in [0.717, 1.165) is 27.5 Å². The van der Waals surface area contributed by atoms with Gasteiger partial charge in [0, 0.05) is 10.2 Å². The Morgan fingerprint density at radius 1 is 1.40 bits per heavy atom. The zero-order valence-electron chi connectivity index (χ0n) is 7.79. The van der Waals surface area contributed by atoms with Gasteiger partial charge in [-0.15, -0.1) is 0 Å². The van der Waals surface area contributed by atoms with Crippen molar-refractivity contribution in [2.24, 2.45) is 0 Å². The van der Waals surface area contributed by atoms with Gasteiger partial charge >= 0.3 is 0 Å². The van der Waals surface area contributed by atoms with Gasteiger partial charge in [0.05, 0.1) is 11.7 Å². The van der Waals surface area contributed by atoms with Gasteiger partial charge in [0.15, 0.2) is 11.0 Å². The number of aromatic nitrogens is 2. The standard InChI is InChI=1S/C9H7BrClN3S/c1-5-6(10)3-2-4-7(5)12-9-8(11)13-15-14-9/h2-4H,1H3,(H,12,14). The first-order chi connectivity index (χ1) is 7.18. The number of halogens is 2. The Morgan fingerprint density at radius 3 is 2.87 bits per heavy atom. The number of hydrogen-bond acceptors (Lipinski definition) is 4. The summed E-state index contributed by atoms with van der Waals surface area (Å²) in [7, 11) is 0. The summed E-state index contributed by atoms with van der Waals surface area (Å²) in [5, 5.41) is 3.54. The van der Waals surface area contributed by atoms with Crippen LogP contribution in [0.2, 0.25) is 5.15 Å². The lowest BCUT2D eigenvalue weighted by Gasteiger charge is -2.07. The molecule has 1 aromatic heterocycles. The van der Waals surface area contributed by atoms with Crippen LogP contribution in [-0.2, 0) is 0 Å². The van der Waals surface area contributed by atoms with Gasteiger partial charge in [-0.2, -0.15) is 8.75 Å². The van der Waals surface area contributed by atoms with E-state index in [1.165, 1.54) is 0 Å². The van der Waals surface area contributed by atoms with Crippen LogP contribution < -0.4 is 5.32 Å². The number of nitrogens with one attached hydrogen (secondary N) is 1. The molecule has 15 heavy (non-hydrogen) atoms. The number of hydrogen-bond donors (Lipinski definition) is 1. The van der Waals surface area contributed by atoms with E-state index in [1.807, 2.05) is 25.1 Å². The Morgan fingerprint density at radius 2 is 2.20 bits per heavy atom. The van der Waals surface area contributed by atoms with Crippen molar-refractivity contribution in [3.05, 3.63) is 33.4 Å². The molecule has 0 spiro atoms. The molecule has 78 valence electrons. The lowest BCUT2D eigenvalue weighted by Crippen LogP contribution is -1.94. The molecule has 0 saturated heterocycles. The smallest absolute Gasteiger partial charge is 0.187 e. The first-order valence-electron chi connectivity index (χ1n) is 4.18. The molecule has 0 amide bonds. The largest absolute Gasteiger partial charge is 0.336 e. The highest BCUT2D eigenvalue weighted by Crippen LogP contribution is 2.28. The van der Waals surface area contributed by atoms with E-state index in [0.29, 0.717) is 11.0 Å². The summed E-state index contributed by atoms with van der Waals surface area (Å²) in [6.07, 6.45) is 0. The molecule has 0 aliphatic carbocycles. The molecule has 2 rings (SSSR count). The molecule has 0 aliphatic heterocycles. The molecular weight excluding hydrogens is 298 g/mol. The fraction of sp³-hybridized carbons (Fsp3) is 0.111. The Bertz CT molecular complexity index is 486. The second kappa shape index (κ2) is 4.47. The van der Waals surface area contributed by atoms with Gasteiger partial charge < -0.3 is 5.32 Å². The van der Waals surface area contributed by atoms with Gasteiger partial charge in [-0.3, -0.25) is 0 Å². The second-order valence-electron chi connectivity index (χ2n) is 2.94. The summed E-state index contributed by atoms with van der Waals surface area (Å²) >= 11 is 10.4. The summed E-state index contributed by atoms with van der Waals surface area (Å²) in [5.74, 6) is 0.600. The van der Waals surface area contributed by atoms with E-state index in [2.05, 4.69) is 30.0 Å². The molecule has 1 heterocycles. The zero-order valence-corrected chi connectivity index (χ0v) is 10.9. The summed E-state index contributed by atoms with van der Waals surface area (Å²) in [6, 6.07) is 5.91. The first-order valence-corrected chi connectivity index (χ1v) is 6.09. The fourth-order valence-corrected chi connectivity index (χ4v) is 2.13. The molecule has 0 saturated carbocycles. The van der Waals surface area contributed by atoms with Gasteiger partial charge in [0.2, 0.25) is 0 Å². The lowest BCUT2D eigenvalue weighted by atomic mass is 10.2. The Kier molecular flexibility index (Phi) is 3.23. The van der Waals surface area contributed by atoms with E-state index < -0.39 is 0 Å². The predicted octanol–water partition coefficient (Wildman–Crippen LogP) is 4.01. The zero-order chi connectivity index (χ0) is 10.8.